The lowest BCUT2D eigenvalue weighted by molar-refractivity contribution is -0.121. The van der Waals surface area contributed by atoms with Crippen LogP contribution < -0.4 is 5.32 Å². The van der Waals surface area contributed by atoms with Gasteiger partial charge in [0.05, 0.1) is 18.1 Å². The first kappa shape index (κ1) is 18.0. The van der Waals surface area contributed by atoms with Gasteiger partial charge in [0.2, 0.25) is 5.91 Å². The van der Waals surface area contributed by atoms with Crippen LogP contribution in [0.5, 0.6) is 0 Å². The number of hydrogen-bond acceptors (Lipinski definition) is 5. The van der Waals surface area contributed by atoms with E-state index >= 15 is 0 Å². The predicted molar refractivity (Wildman–Crippen MR) is 97.6 cm³/mol. The Morgan fingerprint density at radius 3 is 2.84 bits per heavy atom. The normalized spacial score (nSPS) is 16.0. The molecule has 3 rings (SSSR count). The van der Waals surface area contributed by atoms with Crippen molar-refractivity contribution < 1.29 is 9.21 Å². The van der Waals surface area contributed by atoms with Gasteiger partial charge in [0.25, 0.3) is 0 Å². The maximum atomic E-state index is 12.5. The van der Waals surface area contributed by atoms with Crippen LogP contribution >= 0.6 is 11.8 Å². The number of furan rings is 1. The predicted octanol–water partition coefficient (Wildman–Crippen LogP) is 3.58. The highest BCUT2D eigenvalue weighted by Crippen LogP contribution is 2.40. The highest BCUT2D eigenvalue weighted by Gasteiger charge is 2.32. The van der Waals surface area contributed by atoms with E-state index in [0.717, 1.165) is 36.0 Å². The monoisotopic (exact) mass is 362 g/mol. The van der Waals surface area contributed by atoms with Gasteiger partial charge in [-0.05, 0) is 52.2 Å². The van der Waals surface area contributed by atoms with E-state index < -0.39 is 0 Å². The third-order valence-corrected chi connectivity index (χ3v) is 5.66. The van der Waals surface area contributed by atoms with Gasteiger partial charge in [-0.15, -0.1) is 10.2 Å². The van der Waals surface area contributed by atoms with E-state index in [1.54, 1.807) is 6.26 Å². The molecule has 7 heteroatoms. The van der Waals surface area contributed by atoms with Crippen LogP contribution in [0.4, 0.5) is 0 Å². The van der Waals surface area contributed by atoms with Crippen LogP contribution in [0.3, 0.4) is 0 Å². The van der Waals surface area contributed by atoms with Gasteiger partial charge in [-0.1, -0.05) is 18.7 Å². The van der Waals surface area contributed by atoms with Gasteiger partial charge >= 0.3 is 0 Å². The molecule has 1 amide bonds. The second kappa shape index (κ2) is 7.23. The van der Waals surface area contributed by atoms with Gasteiger partial charge in [-0.2, -0.15) is 0 Å². The summed E-state index contributed by atoms with van der Waals surface area (Å²) in [4.78, 5) is 12.5. The van der Waals surface area contributed by atoms with Crippen LogP contribution in [0, 0.1) is 0 Å². The molecule has 1 aliphatic carbocycles. The highest BCUT2D eigenvalue weighted by atomic mass is 32.2. The average molecular weight is 362 g/mol. The Morgan fingerprint density at radius 1 is 1.48 bits per heavy atom. The Kier molecular flexibility index (Phi) is 5.22. The number of rotatable bonds is 8. The lowest BCUT2D eigenvalue weighted by Crippen LogP contribution is -2.46. The number of carbonyl (C=O) groups is 1. The summed E-state index contributed by atoms with van der Waals surface area (Å²) in [6.45, 7) is 8.65. The van der Waals surface area contributed by atoms with Crippen molar-refractivity contribution in [2.75, 3.05) is 0 Å². The van der Waals surface area contributed by atoms with E-state index in [9.17, 15) is 4.79 Å². The molecule has 1 N–H and O–H groups in total. The number of aromatic nitrogens is 3. The Bertz CT molecular complexity index is 720. The molecule has 0 saturated heterocycles. The molecule has 2 heterocycles. The van der Waals surface area contributed by atoms with Gasteiger partial charge in [0.1, 0.15) is 11.6 Å². The van der Waals surface area contributed by atoms with Gasteiger partial charge in [-0.3, -0.25) is 9.36 Å². The topological polar surface area (TPSA) is 73.0 Å². The molecule has 1 unspecified atom stereocenters. The van der Waals surface area contributed by atoms with E-state index in [-0.39, 0.29) is 16.7 Å². The standard InChI is InChI=1S/C18H26N4O2S/c1-5-18(3,4)19-16(23)12(2)25-17-21-20-15(13-8-9-13)22(17)11-14-7-6-10-24-14/h6-7,10,12-13H,5,8-9,11H2,1-4H3,(H,19,23). The van der Waals surface area contributed by atoms with E-state index in [4.69, 9.17) is 4.42 Å². The Morgan fingerprint density at radius 2 is 2.24 bits per heavy atom. The minimum Gasteiger partial charge on any atom is -0.467 e. The largest absolute Gasteiger partial charge is 0.467 e. The maximum absolute atomic E-state index is 12.5. The average Bonchev–Trinajstić information content (AvgIpc) is 3.14. The fraction of sp³-hybridized carbons (Fsp3) is 0.611. The summed E-state index contributed by atoms with van der Waals surface area (Å²) in [6, 6.07) is 3.83. The molecule has 0 spiro atoms. The summed E-state index contributed by atoms with van der Waals surface area (Å²) in [5.41, 5.74) is -0.201. The second-order valence-electron chi connectivity index (χ2n) is 7.27. The van der Waals surface area contributed by atoms with Crippen LogP contribution in [0.2, 0.25) is 0 Å². The summed E-state index contributed by atoms with van der Waals surface area (Å²) < 4.78 is 7.58. The number of thioether (sulfide) groups is 1. The Labute approximate surface area is 152 Å². The molecule has 1 aliphatic rings. The first-order valence-electron chi connectivity index (χ1n) is 8.84. The Balaban J connectivity index is 1.74. The quantitative estimate of drug-likeness (QED) is 0.727. The van der Waals surface area contributed by atoms with Crippen molar-refractivity contribution in [2.45, 2.75) is 75.4 Å². The second-order valence-corrected chi connectivity index (χ2v) is 8.58. The summed E-state index contributed by atoms with van der Waals surface area (Å²) in [5, 5.41) is 12.4. The molecule has 1 saturated carbocycles. The zero-order valence-corrected chi connectivity index (χ0v) is 16.1. The Hall–Kier alpha value is -1.76. The van der Waals surface area contributed by atoms with Gasteiger partial charge in [-0.25, -0.2) is 0 Å². The van der Waals surface area contributed by atoms with Gasteiger partial charge in [0, 0.05) is 11.5 Å². The lowest BCUT2D eigenvalue weighted by atomic mass is 10.0. The third kappa shape index (κ3) is 4.45. The molecule has 2 aromatic rings. The number of hydrogen-bond donors (Lipinski definition) is 1. The molecule has 1 fully saturated rings. The zero-order valence-electron chi connectivity index (χ0n) is 15.3. The van der Waals surface area contributed by atoms with Crippen molar-refractivity contribution >= 4 is 17.7 Å². The third-order valence-electron chi connectivity index (χ3n) is 4.58. The van der Waals surface area contributed by atoms with Crippen LogP contribution in [0.15, 0.2) is 28.0 Å². The minimum atomic E-state index is -0.238. The van der Waals surface area contributed by atoms with E-state index in [0.29, 0.717) is 12.5 Å². The minimum absolute atomic E-state index is 0.0253. The first-order chi connectivity index (χ1) is 11.9. The van der Waals surface area contributed by atoms with Crippen molar-refractivity contribution in [3.05, 3.63) is 30.0 Å². The number of nitrogens with one attached hydrogen (secondary N) is 1. The van der Waals surface area contributed by atoms with Gasteiger partial charge < -0.3 is 9.73 Å². The number of carbonyl (C=O) groups excluding carboxylic acids is 1. The smallest absolute Gasteiger partial charge is 0.233 e. The molecule has 0 bridgehead atoms. The van der Waals surface area contributed by atoms with E-state index in [1.165, 1.54) is 11.8 Å². The maximum Gasteiger partial charge on any atom is 0.233 e. The fourth-order valence-electron chi connectivity index (χ4n) is 2.47. The summed E-state index contributed by atoms with van der Waals surface area (Å²) in [6.07, 6.45) is 4.87. The molecule has 136 valence electrons. The molecule has 2 aromatic heterocycles. The first-order valence-corrected chi connectivity index (χ1v) is 9.71. The molecule has 1 atom stereocenters. The number of nitrogens with zero attached hydrogens (tertiary/aromatic N) is 3. The van der Waals surface area contributed by atoms with Crippen molar-refractivity contribution in [1.82, 2.24) is 20.1 Å². The van der Waals surface area contributed by atoms with Crippen LogP contribution in [0.25, 0.3) is 0 Å². The molecular formula is C18H26N4O2S. The highest BCUT2D eigenvalue weighted by molar-refractivity contribution is 8.00. The summed E-state index contributed by atoms with van der Waals surface area (Å²) in [5.74, 6) is 2.38. The zero-order chi connectivity index (χ0) is 18.0. The van der Waals surface area contributed by atoms with Gasteiger partial charge in [0.15, 0.2) is 5.16 Å². The molecule has 25 heavy (non-hydrogen) atoms. The molecular weight excluding hydrogens is 336 g/mol. The van der Waals surface area contributed by atoms with Crippen molar-refractivity contribution in [2.24, 2.45) is 0 Å². The number of amides is 1. The van der Waals surface area contributed by atoms with E-state index in [2.05, 4.69) is 27.0 Å². The molecule has 0 radical (unpaired) electrons. The van der Waals surface area contributed by atoms with Crippen LogP contribution in [0.1, 0.15) is 64.5 Å². The van der Waals surface area contributed by atoms with Crippen LogP contribution in [-0.4, -0.2) is 31.5 Å². The molecule has 0 aromatic carbocycles. The lowest BCUT2D eigenvalue weighted by Gasteiger charge is -2.26. The summed E-state index contributed by atoms with van der Waals surface area (Å²) in [7, 11) is 0. The van der Waals surface area contributed by atoms with Crippen molar-refractivity contribution in [3.8, 4) is 0 Å². The molecule has 0 aliphatic heterocycles. The summed E-state index contributed by atoms with van der Waals surface area (Å²) >= 11 is 1.45. The fourth-order valence-corrected chi connectivity index (χ4v) is 3.33. The van der Waals surface area contributed by atoms with Crippen LogP contribution in [-0.2, 0) is 11.3 Å². The van der Waals surface area contributed by atoms with E-state index in [1.807, 2.05) is 32.9 Å². The molecule has 6 nitrogen and oxygen atoms in total. The van der Waals surface area contributed by atoms with Crippen molar-refractivity contribution in [3.63, 3.8) is 0 Å². The van der Waals surface area contributed by atoms with Crippen molar-refractivity contribution in [1.29, 1.82) is 0 Å². The SMILES string of the molecule is CCC(C)(C)NC(=O)C(C)Sc1nnc(C2CC2)n1Cc1ccco1.